The van der Waals surface area contributed by atoms with Gasteiger partial charge in [-0.15, -0.1) is 0 Å². The average molecular weight is 243 g/mol. The first kappa shape index (κ1) is 13.0. The van der Waals surface area contributed by atoms with Gasteiger partial charge in [-0.05, 0) is 29.9 Å². The lowest BCUT2D eigenvalue weighted by Crippen LogP contribution is -2.30. The highest BCUT2D eigenvalue weighted by Gasteiger charge is 2.10. The maximum Gasteiger partial charge on any atom is 0.320 e. The summed E-state index contributed by atoms with van der Waals surface area (Å²) in [5.74, 6) is 0.0975. The fourth-order valence-electron chi connectivity index (χ4n) is 1.15. The van der Waals surface area contributed by atoms with Crippen LogP contribution in [0, 0.1) is 5.82 Å². The van der Waals surface area contributed by atoms with E-state index in [0.717, 1.165) is 5.56 Å². The van der Waals surface area contributed by atoms with E-state index in [1.807, 2.05) is 6.07 Å². The Bertz CT molecular complexity index is 360. The van der Waals surface area contributed by atoms with E-state index in [-0.39, 0.29) is 5.82 Å². The van der Waals surface area contributed by atoms with Gasteiger partial charge in [0.15, 0.2) is 0 Å². The predicted octanol–water partition coefficient (Wildman–Crippen LogP) is 1.86. The van der Waals surface area contributed by atoms with E-state index in [9.17, 15) is 9.18 Å². The molecule has 0 aliphatic rings. The van der Waals surface area contributed by atoms with Gasteiger partial charge in [0.2, 0.25) is 0 Å². The summed E-state index contributed by atoms with van der Waals surface area (Å²) in [6.45, 7) is 0. The van der Waals surface area contributed by atoms with Gasteiger partial charge in [-0.2, -0.15) is 11.8 Å². The van der Waals surface area contributed by atoms with Crippen LogP contribution in [-0.4, -0.2) is 22.9 Å². The van der Waals surface area contributed by atoms with Crippen LogP contribution in [0.2, 0.25) is 0 Å². The van der Waals surface area contributed by atoms with Crippen LogP contribution in [0.4, 0.5) is 4.39 Å². The van der Waals surface area contributed by atoms with Crippen LogP contribution >= 0.6 is 11.8 Å². The monoisotopic (exact) mass is 243 g/mol. The number of benzene rings is 1. The number of hydrogen-bond donors (Lipinski definition) is 2. The van der Waals surface area contributed by atoms with E-state index in [2.05, 4.69) is 0 Å². The lowest BCUT2D eigenvalue weighted by Gasteiger charge is -2.05. The SMILES string of the molecule is NC(CCSCc1cccc(F)c1)C(=O)O. The molecule has 0 aromatic heterocycles. The Morgan fingerprint density at radius 2 is 2.31 bits per heavy atom. The number of carboxylic acid groups (broad SMARTS) is 1. The van der Waals surface area contributed by atoms with E-state index in [1.54, 1.807) is 17.8 Å². The molecule has 88 valence electrons. The molecule has 1 aromatic carbocycles. The van der Waals surface area contributed by atoms with Crippen molar-refractivity contribution in [3.8, 4) is 0 Å². The third-order valence-electron chi connectivity index (χ3n) is 2.05. The molecule has 0 spiro atoms. The molecule has 0 amide bonds. The van der Waals surface area contributed by atoms with Crippen molar-refractivity contribution >= 4 is 17.7 Å². The van der Waals surface area contributed by atoms with Crippen LogP contribution < -0.4 is 5.73 Å². The molecule has 1 unspecified atom stereocenters. The predicted molar refractivity (Wildman–Crippen MR) is 62.8 cm³/mol. The van der Waals surface area contributed by atoms with E-state index in [4.69, 9.17) is 10.8 Å². The van der Waals surface area contributed by atoms with Crippen LogP contribution in [0.1, 0.15) is 12.0 Å². The highest BCUT2D eigenvalue weighted by atomic mass is 32.2. The number of nitrogens with two attached hydrogens (primary N) is 1. The summed E-state index contributed by atoms with van der Waals surface area (Å²) in [6.07, 6.45) is 0.426. The number of carboxylic acids is 1. The first-order valence-electron chi connectivity index (χ1n) is 4.90. The number of halogens is 1. The van der Waals surface area contributed by atoms with E-state index in [0.29, 0.717) is 17.9 Å². The zero-order valence-corrected chi connectivity index (χ0v) is 9.54. The van der Waals surface area contributed by atoms with Gasteiger partial charge in [-0.25, -0.2) is 4.39 Å². The van der Waals surface area contributed by atoms with Crippen LogP contribution in [0.3, 0.4) is 0 Å². The molecule has 5 heteroatoms. The standard InChI is InChI=1S/C11H14FNO2S/c12-9-3-1-2-8(6-9)7-16-5-4-10(13)11(14)15/h1-3,6,10H,4-5,7,13H2,(H,14,15). The van der Waals surface area contributed by atoms with Crippen molar-refractivity contribution in [2.45, 2.75) is 18.2 Å². The zero-order valence-electron chi connectivity index (χ0n) is 8.73. The van der Waals surface area contributed by atoms with Crippen molar-refractivity contribution in [2.24, 2.45) is 5.73 Å². The quantitative estimate of drug-likeness (QED) is 0.749. The Balaban J connectivity index is 2.23. The summed E-state index contributed by atoms with van der Waals surface area (Å²) in [4.78, 5) is 10.4. The van der Waals surface area contributed by atoms with Crippen molar-refractivity contribution in [1.82, 2.24) is 0 Å². The summed E-state index contributed by atoms with van der Waals surface area (Å²) in [6, 6.07) is 5.57. The van der Waals surface area contributed by atoms with E-state index in [1.165, 1.54) is 12.1 Å². The largest absolute Gasteiger partial charge is 0.480 e. The minimum atomic E-state index is -0.980. The number of thioether (sulfide) groups is 1. The van der Waals surface area contributed by atoms with Crippen molar-refractivity contribution in [1.29, 1.82) is 0 Å². The first-order valence-corrected chi connectivity index (χ1v) is 6.05. The molecule has 0 fully saturated rings. The minimum Gasteiger partial charge on any atom is -0.480 e. The molecule has 3 nitrogen and oxygen atoms in total. The van der Waals surface area contributed by atoms with Crippen molar-refractivity contribution in [3.63, 3.8) is 0 Å². The molecule has 0 saturated carbocycles. The molecule has 1 rings (SSSR count). The summed E-state index contributed by atoms with van der Waals surface area (Å²) in [5.41, 5.74) is 6.24. The molecule has 0 bridgehead atoms. The lowest BCUT2D eigenvalue weighted by atomic mass is 10.2. The summed E-state index contributed by atoms with van der Waals surface area (Å²) in [7, 11) is 0. The number of rotatable bonds is 6. The Kier molecular flexibility index (Phi) is 5.28. The third-order valence-corrected chi connectivity index (χ3v) is 3.11. The van der Waals surface area contributed by atoms with Crippen LogP contribution in [-0.2, 0) is 10.5 Å². The Hall–Kier alpha value is -1.07. The fraction of sp³-hybridized carbons (Fsp3) is 0.364. The molecule has 0 saturated heterocycles. The molecule has 0 heterocycles. The van der Waals surface area contributed by atoms with Gasteiger partial charge in [0.1, 0.15) is 11.9 Å². The number of aliphatic carboxylic acids is 1. The summed E-state index contributed by atoms with van der Waals surface area (Å²) < 4.78 is 12.8. The lowest BCUT2D eigenvalue weighted by molar-refractivity contribution is -0.138. The van der Waals surface area contributed by atoms with Crippen LogP contribution in [0.5, 0.6) is 0 Å². The van der Waals surface area contributed by atoms with Gasteiger partial charge >= 0.3 is 5.97 Å². The molecule has 1 aromatic rings. The Labute approximate surface area is 97.8 Å². The van der Waals surface area contributed by atoms with E-state index >= 15 is 0 Å². The second-order valence-corrected chi connectivity index (χ2v) is 4.52. The molecule has 0 radical (unpaired) electrons. The number of hydrogen-bond acceptors (Lipinski definition) is 3. The average Bonchev–Trinajstić information content (AvgIpc) is 2.24. The van der Waals surface area contributed by atoms with Crippen molar-refractivity contribution in [2.75, 3.05) is 5.75 Å². The molecule has 0 aliphatic carbocycles. The van der Waals surface area contributed by atoms with Crippen LogP contribution in [0.15, 0.2) is 24.3 Å². The molecule has 3 N–H and O–H groups in total. The molecular formula is C11H14FNO2S. The van der Waals surface area contributed by atoms with Gasteiger partial charge in [0, 0.05) is 5.75 Å². The normalized spacial score (nSPS) is 12.4. The summed E-state index contributed by atoms with van der Waals surface area (Å²) in [5, 5.41) is 8.55. The number of carbonyl (C=O) groups is 1. The Morgan fingerprint density at radius 1 is 1.56 bits per heavy atom. The topological polar surface area (TPSA) is 63.3 Å². The maximum atomic E-state index is 12.8. The maximum absolute atomic E-state index is 12.8. The fourth-order valence-corrected chi connectivity index (χ4v) is 2.13. The zero-order chi connectivity index (χ0) is 12.0. The molecule has 16 heavy (non-hydrogen) atoms. The Morgan fingerprint density at radius 3 is 2.94 bits per heavy atom. The van der Waals surface area contributed by atoms with Gasteiger partial charge in [-0.3, -0.25) is 4.79 Å². The van der Waals surface area contributed by atoms with Gasteiger partial charge in [-0.1, -0.05) is 12.1 Å². The summed E-state index contributed by atoms with van der Waals surface area (Å²) >= 11 is 1.55. The van der Waals surface area contributed by atoms with Crippen molar-refractivity contribution in [3.05, 3.63) is 35.6 Å². The van der Waals surface area contributed by atoms with E-state index < -0.39 is 12.0 Å². The molecule has 0 aliphatic heterocycles. The minimum absolute atomic E-state index is 0.250. The van der Waals surface area contributed by atoms with Gasteiger partial charge < -0.3 is 10.8 Å². The van der Waals surface area contributed by atoms with Gasteiger partial charge in [0.05, 0.1) is 0 Å². The highest BCUT2D eigenvalue weighted by Crippen LogP contribution is 2.14. The second kappa shape index (κ2) is 6.50. The molecular weight excluding hydrogens is 229 g/mol. The second-order valence-electron chi connectivity index (χ2n) is 3.42. The first-order chi connectivity index (χ1) is 7.59. The third kappa shape index (κ3) is 4.63. The highest BCUT2D eigenvalue weighted by molar-refractivity contribution is 7.98. The van der Waals surface area contributed by atoms with Crippen LogP contribution in [0.25, 0.3) is 0 Å². The smallest absolute Gasteiger partial charge is 0.320 e. The molecule has 1 atom stereocenters. The van der Waals surface area contributed by atoms with Gasteiger partial charge in [0.25, 0.3) is 0 Å². The van der Waals surface area contributed by atoms with Crippen molar-refractivity contribution < 1.29 is 14.3 Å².